The molecule has 33 heavy (non-hydrogen) atoms. The van der Waals surface area contributed by atoms with Crippen molar-refractivity contribution in [3.8, 4) is 11.5 Å². The van der Waals surface area contributed by atoms with Crippen LogP contribution in [0.4, 0.5) is 5.69 Å². The number of likely N-dealkylation sites (tertiary alicyclic amines) is 1. The summed E-state index contributed by atoms with van der Waals surface area (Å²) >= 11 is 6.05. The van der Waals surface area contributed by atoms with Crippen molar-refractivity contribution in [3.05, 3.63) is 88.9 Å². The van der Waals surface area contributed by atoms with Gasteiger partial charge in [0.2, 0.25) is 5.91 Å². The maximum absolute atomic E-state index is 13.5. The van der Waals surface area contributed by atoms with Gasteiger partial charge in [-0.25, -0.2) is 5.06 Å². The Balaban J connectivity index is 1.55. The van der Waals surface area contributed by atoms with Crippen LogP contribution in [0.5, 0.6) is 11.5 Å². The van der Waals surface area contributed by atoms with Gasteiger partial charge in [0.1, 0.15) is 5.92 Å². The molecule has 0 unspecified atom stereocenters. The quantitative estimate of drug-likeness (QED) is 0.573. The van der Waals surface area contributed by atoms with Crippen molar-refractivity contribution in [2.24, 2.45) is 5.92 Å². The number of phenolic OH excluding ortho intramolecular Hbond substituents is 1. The minimum absolute atomic E-state index is 0.0192. The Bertz CT molecular complexity index is 1200. The van der Waals surface area contributed by atoms with Crippen molar-refractivity contribution in [2.45, 2.75) is 18.7 Å². The van der Waals surface area contributed by atoms with E-state index in [0.29, 0.717) is 16.3 Å². The molecule has 2 heterocycles. The van der Waals surface area contributed by atoms with Crippen LogP contribution in [0.3, 0.4) is 0 Å². The van der Waals surface area contributed by atoms with E-state index >= 15 is 0 Å². The lowest BCUT2D eigenvalue weighted by atomic mass is 9.90. The van der Waals surface area contributed by atoms with Gasteiger partial charge in [-0.15, -0.1) is 0 Å². The molecule has 0 bridgehead atoms. The van der Waals surface area contributed by atoms with Crippen molar-refractivity contribution in [2.75, 3.05) is 12.2 Å². The Morgan fingerprint density at radius 1 is 1.00 bits per heavy atom. The van der Waals surface area contributed by atoms with E-state index in [9.17, 15) is 14.7 Å². The minimum Gasteiger partial charge on any atom is -0.504 e. The summed E-state index contributed by atoms with van der Waals surface area (Å²) in [5.41, 5.74) is 2.19. The molecule has 0 aromatic heterocycles. The first kappa shape index (κ1) is 21.3. The van der Waals surface area contributed by atoms with E-state index in [1.165, 1.54) is 18.1 Å². The van der Waals surface area contributed by atoms with Crippen molar-refractivity contribution >= 4 is 29.1 Å². The number of rotatable bonds is 5. The molecule has 3 aromatic carbocycles. The van der Waals surface area contributed by atoms with Gasteiger partial charge in [0.25, 0.3) is 5.91 Å². The molecule has 3 atom stereocenters. The van der Waals surface area contributed by atoms with Crippen molar-refractivity contribution < 1.29 is 24.3 Å². The normalized spacial score (nSPS) is 22.1. The van der Waals surface area contributed by atoms with E-state index < -0.39 is 18.1 Å². The van der Waals surface area contributed by atoms with E-state index in [1.807, 2.05) is 30.3 Å². The molecule has 1 N–H and O–H groups in total. The fourth-order valence-corrected chi connectivity index (χ4v) is 4.55. The standard InChI is InChI=1S/C25H21ClN2O5/c1-32-20-13-16(7-12-19(20)29)22-21-23(33-28(22)18-10-8-17(26)9-11-18)25(31)27(24(21)30)14-15-5-3-2-4-6-15/h2-13,21-23,29H,14H2,1H3/t21-,22-,23-/m0/s1. The van der Waals surface area contributed by atoms with Gasteiger partial charge in [-0.2, -0.15) is 0 Å². The molecule has 3 aromatic rings. The highest BCUT2D eigenvalue weighted by Crippen LogP contribution is 2.48. The Morgan fingerprint density at radius 2 is 1.73 bits per heavy atom. The van der Waals surface area contributed by atoms with Gasteiger partial charge < -0.3 is 9.84 Å². The van der Waals surface area contributed by atoms with Crippen LogP contribution in [0.1, 0.15) is 17.2 Å². The summed E-state index contributed by atoms with van der Waals surface area (Å²) in [5.74, 6) is -1.19. The fourth-order valence-electron chi connectivity index (χ4n) is 4.42. The van der Waals surface area contributed by atoms with Crippen LogP contribution in [0, 0.1) is 5.92 Å². The van der Waals surface area contributed by atoms with Gasteiger partial charge in [0.15, 0.2) is 17.6 Å². The highest BCUT2D eigenvalue weighted by atomic mass is 35.5. The number of aromatic hydroxyl groups is 1. The average molecular weight is 465 g/mol. The number of phenols is 1. The predicted molar refractivity (Wildman–Crippen MR) is 122 cm³/mol. The molecule has 5 rings (SSSR count). The van der Waals surface area contributed by atoms with Gasteiger partial charge in [0, 0.05) is 5.02 Å². The summed E-state index contributed by atoms with van der Waals surface area (Å²) in [6.07, 6.45) is -0.957. The van der Waals surface area contributed by atoms with Gasteiger partial charge in [-0.1, -0.05) is 48.0 Å². The number of hydrogen-bond donors (Lipinski definition) is 1. The second kappa shape index (κ2) is 8.42. The van der Waals surface area contributed by atoms with E-state index in [2.05, 4.69) is 0 Å². The summed E-state index contributed by atoms with van der Waals surface area (Å²) in [5, 5.41) is 12.2. The number of carbonyl (C=O) groups is 2. The molecule has 0 saturated carbocycles. The zero-order valence-corrected chi connectivity index (χ0v) is 18.5. The van der Waals surface area contributed by atoms with E-state index in [4.69, 9.17) is 21.2 Å². The monoisotopic (exact) mass is 464 g/mol. The molecule has 2 saturated heterocycles. The molecule has 2 aliphatic rings. The van der Waals surface area contributed by atoms with Crippen molar-refractivity contribution in [1.82, 2.24) is 4.90 Å². The third kappa shape index (κ3) is 3.69. The number of halogens is 1. The van der Waals surface area contributed by atoms with Crippen LogP contribution in [0.2, 0.25) is 5.02 Å². The molecule has 7 nitrogen and oxygen atoms in total. The molecule has 2 fully saturated rings. The Labute approximate surface area is 195 Å². The van der Waals surface area contributed by atoms with Gasteiger partial charge in [0.05, 0.1) is 25.4 Å². The summed E-state index contributed by atoms with van der Waals surface area (Å²) in [6, 6.07) is 20.6. The van der Waals surface area contributed by atoms with E-state index in [-0.39, 0.29) is 29.9 Å². The number of carbonyl (C=O) groups excluding carboxylic acids is 2. The number of anilines is 1. The third-order valence-corrected chi connectivity index (χ3v) is 6.27. The Kier molecular flexibility index (Phi) is 5.44. The molecule has 168 valence electrons. The first-order chi connectivity index (χ1) is 16.0. The third-order valence-electron chi connectivity index (χ3n) is 6.02. The molecule has 0 radical (unpaired) electrons. The van der Waals surface area contributed by atoms with Crippen LogP contribution >= 0.6 is 11.6 Å². The number of amides is 2. The van der Waals surface area contributed by atoms with Gasteiger partial charge in [-0.05, 0) is 47.5 Å². The van der Waals surface area contributed by atoms with Crippen LogP contribution < -0.4 is 9.80 Å². The lowest BCUT2D eigenvalue weighted by Crippen LogP contribution is -2.36. The second-order valence-corrected chi connectivity index (χ2v) is 8.41. The number of benzene rings is 3. The summed E-state index contributed by atoms with van der Waals surface area (Å²) < 4.78 is 5.27. The van der Waals surface area contributed by atoms with Crippen LogP contribution in [-0.2, 0) is 21.0 Å². The molecular weight excluding hydrogens is 444 g/mol. The van der Waals surface area contributed by atoms with Crippen molar-refractivity contribution in [1.29, 1.82) is 0 Å². The largest absolute Gasteiger partial charge is 0.504 e. The first-order valence-electron chi connectivity index (χ1n) is 10.5. The number of methoxy groups -OCH3 is 1. The van der Waals surface area contributed by atoms with E-state index in [0.717, 1.165) is 5.56 Å². The number of hydroxylamine groups is 1. The molecule has 2 amide bonds. The topological polar surface area (TPSA) is 79.3 Å². The number of fused-ring (bicyclic) bond motifs is 1. The number of imide groups is 1. The minimum atomic E-state index is -0.957. The van der Waals surface area contributed by atoms with Gasteiger partial charge >= 0.3 is 0 Å². The summed E-state index contributed by atoms with van der Waals surface area (Å²) in [6.45, 7) is 0.182. The number of hydrogen-bond acceptors (Lipinski definition) is 6. The maximum atomic E-state index is 13.5. The predicted octanol–water partition coefficient (Wildman–Crippen LogP) is 4.10. The highest BCUT2D eigenvalue weighted by Gasteiger charge is 2.59. The lowest BCUT2D eigenvalue weighted by molar-refractivity contribution is -0.143. The number of nitrogens with zero attached hydrogens (tertiary/aromatic N) is 2. The van der Waals surface area contributed by atoms with Crippen LogP contribution in [0.25, 0.3) is 0 Å². The summed E-state index contributed by atoms with van der Waals surface area (Å²) in [7, 11) is 1.45. The average Bonchev–Trinajstić information content (AvgIpc) is 3.33. The van der Waals surface area contributed by atoms with Crippen LogP contribution in [0.15, 0.2) is 72.8 Å². The molecule has 8 heteroatoms. The number of ether oxygens (including phenoxy) is 1. The molecule has 0 aliphatic carbocycles. The molecular formula is C25H21ClN2O5. The Hall–Kier alpha value is -3.55. The van der Waals surface area contributed by atoms with Crippen LogP contribution in [-0.4, -0.2) is 35.0 Å². The molecule has 0 spiro atoms. The van der Waals surface area contributed by atoms with Crippen molar-refractivity contribution in [3.63, 3.8) is 0 Å². The first-order valence-corrected chi connectivity index (χ1v) is 10.8. The zero-order chi connectivity index (χ0) is 23.1. The zero-order valence-electron chi connectivity index (χ0n) is 17.7. The smallest absolute Gasteiger partial charge is 0.262 e. The fraction of sp³-hybridized carbons (Fsp3) is 0.200. The van der Waals surface area contributed by atoms with Gasteiger partial charge in [-0.3, -0.25) is 19.3 Å². The molecule has 2 aliphatic heterocycles. The van der Waals surface area contributed by atoms with E-state index in [1.54, 1.807) is 41.5 Å². The second-order valence-electron chi connectivity index (χ2n) is 7.98. The summed E-state index contributed by atoms with van der Waals surface area (Å²) in [4.78, 5) is 34.2. The lowest BCUT2D eigenvalue weighted by Gasteiger charge is -2.29. The Morgan fingerprint density at radius 3 is 2.42 bits per heavy atom. The highest BCUT2D eigenvalue weighted by molar-refractivity contribution is 6.30. The SMILES string of the molecule is COc1cc([C@H]2[C@@H]3C(=O)N(Cc4ccccc4)C(=O)[C@H]3ON2c2ccc(Cl)cc2)ccc1O. The maximum Gasteiger partial charge on any atom is 0.262 e.